The van der Waals surface area contributed by atoms with Crippen LogP contribution < -0.4 is 4.90 Å². The molecule has 25 heavy (non-hydrogen) atoms. The number of aromatic nitrogens is 1. The molecule has 4 rings (SSSR count). The van der Waals surface area contributed by atoms with Gasteiger partial charge >= 0.3 is 0 Å². The summed E-state index contributed by atoms with van der Waals surface area (Å²) in [5, 5.41) is 0. The summed E-state index contributed by atoms with van der Waals surface area (Å²) in [6.45, 7) is 2.93. The molecule has 3 aliphatic rings. The molecular formula is C20H30N4O. The number of nitrogens with zero attached hydrogens (tertiary/aromatic N) is 4. The van der Waals surface area contributed by atoms with E-state index in [-0.39, 0.29) is 5.91 Å². The molecule has 0 spiro atoms. The number of likely N-dealkylation sites (tertiary alicyclic amines) is 2. The molecule has 1 aromatic heterocycles. The first-order chi connectivity index (χ1) is 12.1. The van der Waals surface area contributed by atoms with Crippen LogP contribution in [0.25, 0.3) is 0 Å². The molecule has 0 radical (unpaired) electrons. The minimum atomic E-state index is 0.161. The van der Waals surface area contributed by atoms with Crippen LogP contribution in [-0.4, -0.2) is 66.5 Å². The van der Waals surface area contributed by atoms with Crippen molar-refractivity contribution in [3.05, 3.63) is 23.9 Å². The lowest BCUT2D eigenvalue weighted by atomic mass is 9.94. The molecular weight excluding hydrogens is 312 g/mol. The van der Waals surface area contributed by atoms with Crippen LogP contribution in [0.4, 0.5) is 5.82 Å². The number of likely N-dealkylation sites (N-methyl/N-ethyl adjacent to an activating group) is 1. The number of pyridine rings is 1. The van der Waals surface area contributed by atoms with Crippen LogP contribution in [0.1, 0.15) is 48.9 Å². The second-order valence-corrected chi connectivity index (χ2v) is 8.08. The highest BCUT2D eigenvalue weighted by molar-refractivity contribution is 5.99. The Morgan fingerprint density at radius 2 is 2.00 bits per heavy atom. The maximum absolute atomic E-state index is 13.2. The second-order valence-electron chi connectivity index (χ2n) is 8.08. The summed E-state index contributed by atoms with van der Waals surface area (Å²) in [5.74, 6) is 1.67. The largest absolute Gasteiger partial charge is 0.356 e. The van der Waals surface area contributed by atoms with E-state index in [9.17, 15) is 4.79 Å². The van der Waals surface area contributed by atoms with Crippen LogP contribution >= 0.6 is 0 Å². The van der Waals surface area contributed by atoms with Crippen molar-refractivity contribution in [2.75, 3.05) is 38.6 Å². The van der Waals surface area contributed by atoms with E-state index < -0.39 is 0 Å². The van der Waals surface area contributed by atoms with E-state index >= 15 is 0 Å². The fraction of sp³-hybridized carbons (Fsp3) is 0.700. The van der Waals surface area contributed by atoms with Crippen LogP contribution in [0.3, 0.4) is 0 Å². The summed E-state index contributed by atoms with van der Waals surface area (Å²) < 4.78 is 0. The maximum atomic E-state index is 13.2. The molecule has 3 heterocycles. The lowest BCUT2D eigenvalue weighted by Crippen LogP contribution is -2.38. The van der Waals surface area contributed by atoms with Gasteiger partial charge in [-0.2, -0.15) is 0 Å². The van der Waals surface area contributed by atoms with Gasteiger partial charge in [0.15, 0.2) is 0 Å². The van der Waals surface area contributed by atoms with Crippen molar-refractivity contribution >= 4 is 11.7 Å². The van der Waals surface area contributed by atoms with E-state index in [4.69, 9.17) is 0 Å². The monoisotopic (exact) mass is 342 g/mol. The van der Waals surface area contributed by atoms with Crippen LogP contribution in [0.15, 0.2) is 18.3 Å². The zero-order valence-electron chi connectivity index (χ0n) is 15.5. The van der Waals surface area contributed by atoms with Gasteiger partial charge in [0.1, 0.15) is 5.82 Å². The van der Waals surface area contributed by atoms with Gasteiger partial charge in [-0.3, -0.25) is 4.79 Å². The molecule has 3 fully saturated rings. The van der Waals surface area contributed by atoms with Gasteiger partial charge in [-0.1, -0.05) is 19.3 Å². The standard InChI is InChI=1S/C20H30N4O/c1-22-12-10-15-13-24(14-18(15)22)20(25)17-9-6-11-21-19(17)23(2)16-7-4-3-5-8-16/h6,9,11,15-16,18H,3-5,7-8,10,12-14H2,1-2H3/t15-,18+/m0/s1. The van der Waals surface area contributed by atoms with Gasteiger partial charge in [-0.05, 0) is 50.9 Å². The lowest BCUT2D eigenvalue weighted by molar-refractivity contribution is 0.0774. The summed E-state index contributed by atoms with van der Waals surface area (Å²) in [7, 11) is 4.30. The van der Waals surface area contributed by atoms with E-state index in [1.807, 2.05) is 18.3 Å². The number of carbonyl (C=O) groups is 1. The minimum absolute atomic E-state index is 0.161. The first-order valence-corrected chi connectivity index (χ1v) is 9.82. The average molecular weight is 342 g/mol. The Kier molecular flexibility index (Phi) is 4.67. The molecule has 0 aromatic carbocycles. The summed E-state index contributed by atoms with van der Waals surface area (Å²) >= 11 is 0. The molecule has 136 valence electrons. The summed E-state index contributed by atoms with van der Waals surface area (Å²) in [4.78, 5) is 24.6. The lowest BCUT2D eigenvalue weighted by Gasteiger charge is -2.33. The van der Waals surface area contributed by atoms with Crippen molar-refractivity contribution < 1.29 is 4.79 Å². The first kappa shape index (κ1) is 16.8. The predicted molar refractivity (Wildman–Crippen MR) is 99.9 cm³/mol. The molecule has 1 saturated carbocycles. The normalized spacial score (nSPS) is 27.5. The van der Waals surface area contributed by atoms with Crippen molar-refractivity contribution in [3.63, 3.8) is 0 Å². The molecule has 0 unspecified atom stereocenters. The maximum Gasteiger partial charge on any atom is 0.257 e. The van der Waals surface area contributed by atoms with Gasteiger partial charge in [0.25, 0.3) is 5.91 Å². The van der Waals surface area contributed by atoms with Crippen molar-refractivity contribution in [3.8, 4) is 0 Å². The quantitative estimate of drug-likeness (QED) is 0.847. The smallest absolute Gasteiger partial charge is 0.257 e. The molecule has 5 nitrogen and oxygen atoms in total. The van der Waals surface area contributed by atoms with Crippen LogP contribution in [0.2, 0.25) is 0 Å². The van der Waals surface area contributed by atoms with Crippen molar-refractivity contribution in [2.45, 2.75) is 50.6 Å². The van der Waals surface area contributed by atoms with Gasteiger partial charge in [-0.15, -0.1) is 0 Å². The topological polar surface area (TPSA) is 39.7 Å². The van der Waals surface area contributed by atoms with Crippen LogP contribution in [0.5, 0.6) is 0 Å². The Hall–Kier alpha value is -1.62. The van der Waals surface area contributed by atoms with Gasteiger partial charge in [0, 0.05) is 38.4 Å². The predicted octanol–water partition coefficient (Wildman–Crippen LogP) is 2.63. The first-order valence-electron chi connectivity index (χ1n) is 9.82. The number of fused-ring (bicyclic) bond motifs is 1. The molecule has 2 aliphatic heterocycles. The van der Waals surface area contributed by atoms with Gasteiger partial charge in [0.2, 0.25) is 0 Å². The number of hydrogen-bond donors (Lipinski definition) is 0. The van der Waals surface area contributed by atoms with Gasteiger partial charge in [-0.25, -0.2) is 4.98 Å². The highest BCUT2D eigenvalue weighted by Gasteiger charge is 2.41. The van der Waals surface area contributed by atoms with E-state index in [1.165, 1.54) is 45.1 Å². The summed E-state index contributed by atoms with van der Waals surface area (Å²) in [6, 6.07) is 4.91. The van der Waals surface area contributed by atoms with E-state index in [0.29, 0.717) is 18.0 Å². The average Bonchev–Trinajstić information content (AvgIpc) is 3.23. The van der Waals surface area contributed by atoms with Crippen molar-refractivity contribution in [1.82, 2.24) is 14.8 Å². The molecule has 2 atom stereocenters. The van der Waals surface area contributed by atoms with E-state index in [0.717, 1.165) is 24.5 Å². The van der Waals surface area contributed by atoms with Crippen molar-refractivity contribution in [1.29, 1.82) is 0 Å². The highest BCUT2D eigenvalue weighted by Crippen LogP contribution is 2.33. The number of carbonyl (C=O) groups excluding carboxylic acids is 1. The summed E-state index contributed by atoms with van der Waals surface area (Å²) in [6.07, 6.45) is 9.35. The minimum Gasteiger partial charge on any atom is -0.356 e. The molecule has 5 heteroatoms. The van der Waals surface area contributed by atoms with Gasteiger partial charge in [0.05, 0.1) is 5.56 Å². The number of anilines is 1. The molecule has 0 bridgehead atoms. The van der Waals surface area contributed by atoms with Crippen LogP contribution in [-0.2, 0) is 0 Å². The zero-order valence-corrected chi connectivity index (χ0v) is 15.5. The number of hydrogen-bond acceptors (Lipinski definition) is 4. The molecule has 0 N–H and O–H groups in total. The zero-order chi connectivity index (χ0) is 17.4. The molecule has 1 amide bonds. The highest BCUT2D eigenvalue weighted by atomic mass is 16.2. The Balaban J connectivity index is 1.53. The Labute approximate surface area is 151 Å². The molecule has 1 aliphatic carbocycles. The third-order valence-electron chi connectivity index (χ3n) is 6.59. The molecule has 2 saturated heterocycles. The van der Waals surface area contributed by atoms with E-state index in [1.54, 1.807) is 0 Å². The molecule has 1 aromatic rings. The van der Waals surface area contributed by atoms with Crippen LogP contribution in [0, 0.1) is 5.92 Å². The Morgan fingerprint density at radius 3 is 2.76 bits per heavy atom. The van der Waals surface area contributed by atoms with Crippen molar-refractivity contribution in [2.24, 2.45) is 5.92 Å². The fourth-order valence-corrected chi connectivity index (χ4v) is 4.99. The summed E-state index contributed by atoms with van der Waals surface area (Å²) in [5.41, 5.74) is 0.776. The second kappa shape index (κ2) is 6.94. The van der Waals surface area contributed by atoms with E-state index in [2.05, 4.69) is 33.8 Å². The van der Waals surface area contributed by atoms with Gasteiger partial charge < -0.3 is 14.7 Å². The third-order valence-corrected chi connectivity index (χ3v) is 6.59. The number of rotatable bonds is 3. The Bertz CT molecular complexity index is 628. The number of amides is 1. The SMILES string of the molecule is CN(c1ncccc1C(=O)N1C[C@@H]2CCN(C)[C@@H]2C1)C1CCCCC1. The fourth-order valence-electron chi connectivity index (χ4n) is 4.99. The Morgan fingerprint density at radius 1 is 1.20 bits per heavy atom. The third kappa shape index (κ3) is 3.14.